The summed E-state index contributed by atoms with van der Waals surface area (Å²) in [7, 11) is 0. The van der Waals surface area contributed by atoms with Crippen LogP contribution in [0.25, 0.3) is 0 Å². The van der Waals surface area contributed by atoms with Crippen LogP contribution in [0, 0.1) is 0 Å². The van der Waals surface area contributed by atoms with Crippen LogP contribution < -0.4 is 0 Å². The largest absolute Gasteiger partial charge is 0.298 e. The van der Waals surface area contributed by atoms with Gasteiger partial charge in [-0.3, -0.25) is 9.78 Å². The van der Waals surface area contributed by atoms with Gasteiger partial charge in [0.05, 0.1) is 6.20 Å². The minimum Gasteiger partial charge on any atom is -0.298 e. The SMILES string of the molecule is O=Cc1ccc(Br)cc1Sc1cnccn1. The van der Waals surface area contributed by atoms with Gasteiger partial charge in [-0.25, -0.2) is 4.98 Å². The van der Waals surface area contributed by atoms with E-state index in [1.165, 1.54) is 11.8 Å². The zero-order chi connectivity index (χ0) is 11.4. The van der Waals surface area contributed by atoms with Crippen LogP contribution in [-0.4, -0.2) is 16.3 Å². The molecule has 1 aromatic heterocycles. The second-order valence-electron chi connectivity index (χ2n) is 2.95. The lowest BCUT2D eigenvalue weighted by molar-refractivity contribution is 0.112. The molecule has 0 radical (unpaired) electrons. The highest BCUT2D eigenvalue weighted by atomic mass is 79.9. The fraction of sp³-hybridized carbons (Fsp3) is 0. The van der Waals surface area contributed by atoms with Gasteiger partial charge >= 0.3 is 0 Å². The summed E-state index contributed by atoms with van der Waals surface area (Å²) in [5.74, 6) is 0. The molecule has 0 N–H and O–H groups in total. The first-order chi connectivity index (χ1) is 7.79. The lowest BCUT2D eigenvalue weighted by Crippen LogP contribution is -1.87. The highest BCUT2D eigenvalue weighted by Gasteiger charge is 2.05. The lowest BCUT2D eigenvalue weighted by Gasteiger charge is -2.03. The summed E-state index contributed by atoms with van der Waals surface area (Å²) in [6, 6.07) is 5.50. The summed E-state index contributed by atoms with van der Waals surface area (Å²) in [6.07, 6.45) is 5.75. The van der Waals surface area contributed by atoms with Gasteiger partial charge in [-0.15, -0.1) is 0 Å². The van der Waals surface area contributed by atoms with Crippen LogP contribution in [0.1, 0.15) is 10.4 Å². The van der Waals surface area contributed by atoms with Gasteiger partial charge in [0.2, 0.25) is 0 Å². The van der Waals surface area contributed by atoms with Gasteiger partial charge in [-0.1, -0.05) is 27.7 Å². The Bertz CT molecular complexity index is 505. The molecule has 0 spiro atoms. The number of rotatable bonds is 3. The molecule has 1 aromatic carbocycles. The summed E-state index contributed by atoms with van der Waals surface area (Å²) in [4.78, 5) is 19.9. The van der Waals surface area contributed by atoms with Gasteiger partial charge in [0.25, 0.3) is 0 Å². The van der Waals surface area contributed by atoms with Crippen LogP contribution in [-0.2, 0) is 0 Å². The van der Waals surface area contributed by atoms with Crippen LogP contribution in [0.2, 0.25) is 0 Å². The van der Waals surface area contributed by atoms with Gasteiger partial charge in [0.15, 0.2) is 6.29 Å². The molecule has 0 amide bonds. The summed E-state index contributed by atoms with van der Waals surface area (Å²) < 4.78 is 0.935. The molecule has 0 fully saturated rings. The number of nitrogens with zero attached hydrogens (tertiary/aromatic N) is 2. The standard InChI is InChI=1S/C11H7BrN2OS/c12-9-2-1-8(7-15)10(5-9)16-11-6-13-3-4-14-11/h1-7H. The van der Waals surface area contributed by atoms with Gasteiger partial charge in [-0.2, -0.15) is 0 Å². The van der Waals surface area contributed by atoms with Crippen molar-refractivity contribution in [2.75, 3.05) is 0 Å². The second kappa shape index (κ2) is 5.23. The third kappa shape index (κ3) is 2.68. The van der Waals surface area contributed by atoms with E-state index in [-0.39, 0.29) is 0 Å². The van der Waals surface area contributed by atoms with Crippen LogP contribution in [0.15, 0.2) is 51.2 Å². The van der Waals surface area contributed by atoms with Gasteiger partial charge in [0, 0.05) is 27.3 Å². The maximum atomic E-state index is 10.9. The first kappa shape index (κ1) is 11.3. The molecule has 0 atom stereocenters. The number of carbonyl (C=O) groups is 1. The lowest BCUT2D eigenvalue weighted by atomic mass is 10.2. The normalized spacial score (nSPS) is 10.1. The molecular weight excluding hydrogens is 288 g/mol. The molecule has 0 saturated heterocycles. The number of halogens is 1. The maximum Gasteiger partial charge on any atom is 0.151 e. The third-order valence-electron chi connectivity index (χ3n) is 1.86. The number of carbonyl (C=O) groups excluding carboxylic acids is 1. The molecule has 5 heteroatoms. The van der Waals surface area contributed by atoms with Crippen LogP contribution in [0.5, 0.6) is 0 Å². The molecule has 0 bridgehead atoms. The van der Waals surface area contributed by atoms with E-state index in [0.717, 1.165) is 20.7 Å². The Morgan fingerprint density at radius 1 is 1.31 bits per heavy atom. The van der Waals surface area contributed by atoms with Crippen molar-refractivity contribution >= 4 is 34.0 Å². The minimum atomic E-state index is 0.652. The molecule has 0 unspecified atom stereocenters. The smallest absolute Gasteiger partial charge is 0.151 e. The van der Waals surface area contributed by atoms with E-state index in [0.29, 0.717) is 5.56 Å². The Morgan fingerprint density at radius 2 is 2.19 bits per heavy atom. The topological polar surface area (TPSA) is 42.9 Å². The van der Waals surface area contributed by atoms with Crippen molar-refractivity contribution in [3.8, 4) is 0 Å². The molecule has 0 saturated carbocycles. The molecule has 0 aliphatic carbocycles. The predicted octanol–water partition coefficient (Wildman–Crippen LogP) is 3.20. The quantitative estimate of drug-likeness (QED) is 0.816. The first-order valence-electron chi connectivity index (χ1n) is 4.48. The molecule has 3 nitrogen and oxygen atoms in total. The van der Waals surface area contributed by atoms with E-state index >= 15 is 0 Å². The van der Waals surface area contributed by atoms with Crippen molar-refractivity contribution in [2.45, 2.75) is 9.92 Å². The van der Waals surface area contributed by atoms with Crippen molar-refractivity contribution in [2.24, 2.45) is 0 Å². The third-order valence-corrected chi connectivity index (χ3v) is 3.34. The Labute approximate surface area is 105 Å². The van der Waals surface area contributed by atoms with Crippen molar-refractivity contribution in [3.05, 3.63) is 46.8 Å². The number of hydrogen-bond acceptors (Lipinski definition) is 4. The Balaban J connectivity index is 2.33. The Morgan fingerprint density at radius 3 is 2.88 bits per heavy atom. The number of aromatic nitrogens is 2. The van der Waals surface area contributed by atoms with E-state index in [2.05, 4.69) is 25.9 Å². The number of hydrogen-bond donors (Lipinski definition) is 0. The molecule has 1 heterocycles. The summed E-state index contributed by atoms with van der Waals surface area (Å²) >= 11 is 4.79. The Hall–Kier alpha value is -1.20. The van der Waals surface area contributed by atoms with Crippen LogP contribution >= 0.6 is 27.7 Å². The number of benzene rings is 1. The van der Waals surface area contributed by atoms with Gasteiger partial charge in [-0.05, 0) is 18.2 Å². The van der Waals surface area contributed by atoms with Crippen molar-refractivity contribution < 1.29 is 4.79 Å². The molecule has 16 heavy (non-hydrogen) atoms. The zero-order valence-electron chi connectivity index (χ0n) is 8.13. The van der Waals surface area contributed by atoms with Crippen LogP contribution in [0.4, 0.5) is 0 Å². The molecule has 2 aromatic rings. The summed E-state index contributed by atoms with van der Waals surface area (Å²) in [5, 5.41) is 0.767. The predicted molar refractivity (Wildman–Crippen MR) is 65.7 cm³/mol. The van der Waals surface area contributed by atoms with E-state index < -0.39 is 0 Å². The van der Waals surface area contributed by atoms with E-state index in [9.17, 15) is 4.79 Å². The molecule has 80 valence electrons. The average molecular weight is 295 g/mol. The fourth-order valence-electron chi connectivity index (χ4n) is 1.14. The molecule has 0 aliphatic heterocycles. The van der Waals surface area contributed by atoms with E-state index in [4.69, 9.17) is 0 Å². The van der Waals surface area contributed by atoms with Gasteiger partial charge < -0.3 is 0 Å². The van der Waals surface area contributed by atoms with E-state index in [1.807, 2.05) is 12.1 Å². The average Bonchev–Trinajstić information content (AvgIpc) is 2.31. The maximum absolute atomic E-state index is 10.9. The fourth-order valence-corrected chi connectivity index (χ4v) is 2.53. The monoisotopic (exact) mass is 294 g/mol. The van der Waals surface area contributed by atoms with Crippen molar-refractivity contribution in [3.63, 3.8) is 0 Å². The Kier molecular flexibility index (Phi) is 3.69. The summed E-state index contributed by atoms with van der Waals surface area (Å²) in [6.45, 7) is 0. The number of aldehydes is 1. The van der Waals surface area contributed by atoms with Crippen molar-refractivity contribution in [1.82, 2.24) is 9.97 Å². The van der Waals surface area contributed by atoms with Crippen molar-refractivity contribution in [1.29, 1.82) is 0 Å². The minimum absolute atomic E-state index is 0.652. The van der Waals surface area contributed by atoms with E-state index in [1.54, 1.807) is 24.7 Å². The highest BCUT2D eigenvalue weighted by Crippen LogP contribution is 2.30. The summed E-state index contributed by atoms with van der Waals surface area (Å²) in [5.41, 5.74) is 0.652. The molecule has 0 aliphatic rings. The second-order valence-corrected chi connectivity index (χ2v) is 4.92. The first-order valence-corrected chi connectivity index (χ1v) is 6.09. The molecule has 2 rings (SSSR count). The van der Waals surface area contributed by atoms with Gasteiger partial charge in [0.1, 0.15) is 5.03 Å². The highest BCUT2D eigenvalue weighted by molar-refractivity contribution is 9.10. The zero-order valence-corrected chi connectivity index (χ0v) is 10.5. The van der Waals surface area contributed by atoms with Crippen LogP contribution in [0.3, 0.4) is 0 Å². The molecular formula is C11H7BrN2OS.